The lowest BCUT2D eigenvalue weighted by molar-refractivity contribution is 0.0634. The maximum atomic E-state index is 11.8. The van der Waals surface area contributed by atoms with Crippen molar-refractivity contribution in [3.05, 3.63) is 104 Å². The van der Waals surface area contributed by atoms with Crippen molar-refractivity contribution in [2.75, 3.05) is 13.2 Å². The third-order valence-electron chi connectivity index (χ3n) is 5.89. The number of benzene rings is 1. The molecule has 1 atom stereocenters. The first-order valence-corrected chi connectivity index (χ1v) is 12.7. The van der Waals surface area contributed by atoms with Gasteiger partial charge in [-0.1, -0.05) is 42.5 Å². The van der Waals surface area contributed by atoms with E-state index in [1.807, 2.05) is 53.2 Å². The van der Waals surface area contributed by atoms with E-state index < -0.39 is 5.60 Å². The van der Waals surface area contributed by atoms with Crippen molar-refractivity contribution in [3.63, 3.8) is 0 Å². The predicted octanol–water partition coefficient (Wildman–Crippen LogP) is 5.87. The molecule has 1 N–H and O–H groups in total. The van der Waals surface area contributed by atoms with E-state index >= 15 is 0 Å². The Labute approximate surface area is 196 Å². The van der Waals surface area contributed by atoms with Crippen molar-refractivity contribution >= 4 is 22.7 Å². The van der Waals surface area contributed by atoms with E-state index in [1.165, 1.54) is 28.2 Å². The van der Waals surface area contributed by atoms with Gasteiger partial charge in [-0.2, -0.15) is 0 Å². The molecule has 4 aromatic rings. The fourth-order valence-corrected chi connectivity index (χ4v) is 6.06. The van der Waals surface area contributed by atoms with Crippen LogP contribution in [0.4, 0.5) is 0 Å². The third kappa shape index (κ3) is 4.60. The number of nitrogens with zero attached hydrogens (tertiary/aromatic N) is 1. The van der Waals surface area contributed by atoms with Crippen LogP contribution >= 0.6 is 22.7 Å². The normalized spacial score (nSPS) is 16.8. The van der Waals surface area contributed by atoms with Crippen LogP contribution in [0.5, 0.6) is 0 Å². The van der Waals surface area contributed by atoms with Crippen LogP contribution in [0.15, 0.2) is 81.9 Å². The summed E-state index contributed by atoms with van der Waals surface area (Å²) >= 11 is 3.08. The quantitative estimate of drug-likeness (QED) is 0.336. The largest absolute Gasteiger partial charge is 0.461 e. The Bertz CT molecular complexity index is 1050. The van der Waals surface area contributed by atoms with Gasteiger partial charge in [0.05, 0.1) is 12.6 Å². The first kappa shape index (κ1) is 21.6. The summed E-state index contributed by atoms with van der Waals surface area (Å²) in [6, 6.07) is 22.3. The highest BCUT2D eigenvalue weighted by atomic mass is 32.1. The highest BCUT2D eigenvalue weighted by Crippen LogP contribution is 2.41. The average molecular weight is 466 g/mol. The molecular formula is C26H27NO3S2. The summed E-state index contributed by atoms with van der Waals surface area (Å²) in [7, 11) is 0. The molecule has 0 radical (unpaired) electrons. The highest BCUT2D eigenvalue weighted by Gasteiger charge is 2.39. The molecule has 32 heavy (non-hydrogen) atoms. The Hall–Kier alpha value is -2.22. The zero-order valence-electron chi connectivity index (χ0n) is 17.9. The second-order valence-electron chi connectivity index (χ2n) is 8.22. The number of furan rings is 1. The number of hydrogen-bond acceptors (Lipinski definition) is 6. The van der Waals surface area contributed by atoms with E-state index in [9.17, 15) is 5.11 Å². The number of ether oxygens (including phenoxy) is 1. The molecule has 0 spiro atoms. The van der Waals surface area contributed by atoms with Crippen molar-refractivity contribution < 1.29 is 14.3 Å². The molecule has 166 valence electrons. The Morgan fingerprint density at radius 3 is 2.28 bits per heavy atom. The van der Waals surface area contributed by atoms with Gasteiger partial charge in [-0.05, 0) is 53.4 Å². The van der Waals surface area contributed by atoms with Gasteiger partial charge >= 0.3 is 0 Å². The van der Waals surface area contributed by atoms with Crippen LogP contribution in [0.1, 0.15) is 39.7 Å². The summed E-state index contributed by atoms with van der Waals surface area (Å²) in [6.07, 6.45) is 2.50. The average Bonchev–Trinajstić information content (AvgIpc) is 3.62. The molecule has 0 aliphatic carbocycles. The van der Waals surface area contributed by atoms with Crippen LogP contribution in [-0.2, 0) is 23.4 Å². The van der Waals surface area contributed by atoms with Crippen LogP contribution in [0, 0.1) is 0 Å². The number of hydrogen-bond donors (Lipinski definition) is 1. The lowest BCUT2D eigenvalue weighted by Gasteiger charge is -2.25. The lowest BCUT2D eigenvalue weighted by atomic mass is 9.97. The van der Waals surface area contributed by atoms with E-state index in [0.29, 0.717) is 12.3 Å². The summed E-state index contributed by atoms with van der Waals surface area (Å²) in [4.78, 5) is 4.10. The lowest BCUT2D eigenvalue weighted by Crippen LogP contribution is -2.31. The molecular weight excluding hydrogens is 438 g/mol. The third-order valence-corrected chi connectivity index (χ3v) is 7.85. The topological polar surface area (TPSA) is 45.8 Å². The molecule has 0 saturated carbocycles. The minimum absolute atomic E-state index is 0.266. The summed E-state index contributed by atoms with van der Waals surface area (Å²) in [5.41, 5.74) is 0.00492. The van der Waals surface area contributed by atoms with Gasteiger partial charge in [0.25, 0.3) is 0 Å². The smallest absolute Gasteiger partial charge is 0.191 e. The van der Waals surface area contributed by atoms with Crippen LogP contribution in [0.25, 0.3) is 0 Å². The van der Waals surface area contributed by atoms with Crippen molar-refractivity contribution in [1.82, 2.24) is 4.90 Å². The van der Waals surface area contributed by atoms with Crippen LogP contribution in [0.2, 0.25) is 0 Å². The van der Waals surface area contributed by atoms with E-state index in [-0.39, 0.29) is 6.10 Å². The standard InChI is InChI=1S/C26H27NO3S2/c28-26(24-10-5-15-31-24,25-11-6-16-32-25)23-13-12-22(30-23)19-27(18-21-9-4-14-29-21)17-20-7-2-1-3-8-20/h1-3,5-8,10-13,15-16,21,28H,4,9,14,17-19H2/t21-/m0/s1. The molecule has 1 aliphatic heterocycles. The number of rotatable bonds is 9. The van der Waals surface area contributed by atoms with E-state index in [4.69, 9.17) is 9.15 Å². The van der Waals surface area contributed by atoms with Crippen LogP contribution in [-0.4, -0.2) is 29.3 Å². The van der Waals surface area contributed by atoms with E-state index in [2.05, 4.69) is 29.2 Å². The zero-order valence-corrected chi connectivity index (χ0v) is 19.5. The van der Waals surface area contributed by atoms with Crippen LogP contribution in [0.3, 0.4) is 0 Å². The summed E-state index contributed by atoms with van der Waals surface area (Å²) < 4.78 is 12.2. The maximum absolute atomic E-state index is 11.8. The highest BCUT2D eigenvalue weighted by molar-refractivity contribution is 7.11. The van der Waals surface area contributed by atoms with Gasteiger partial charge < -0.3 is 14.3 Å². The van der Waals surface area contributed by atoms with Crippen LogP contribution < -0.4 is 0 Å². The monoisotopic (exact) mass is 465 g/mol. The number of thiophene rings is 2. The fourth-order valence-electron chi connectivity index (χ4n) is 4.31. The van der Waals surface area contributed by atoms with Gasteiger partial charge in [-0.25, -0.2) is 0 Å². The molecule has 4 heterocycles. The van der Waals surface area contributed by atoms with Gasteiger partial charge in [0.15, 0.2) is 5.60 Å². The van der Waals surface area contributed by atoms with Gasteiger partial charge in [0.1, 0.15) is 11.5 Å². The second kappa shape index (κ2) is 9.73. The molecule has 0 amide bonds. The van der Waals surface area contributed by atoms with Crippen molar-refractivity contribution in [2.24, 2.45) is 0 Å². The molecule has 1 aliphatic rings. The summed E-state index contributed by atoms with van der Waals surface area (Å²) in [6.45, 7) is 3.21. The van der Waals surface area contributed by atoms with Crippen molar-refractivity contribution in [1.29, 1.82) is 0 Å². The van der Waals surface area contributed by atoms with Gasteiger partial charge in [-0.3, -0.25) is 4.90 Å². The number of aliphatic hydroxyl groups is 1. The summed E-state index contributed by atoms with van der Waals surface area (Å²) in [5.74, 6) is 1.41. The zero-order chi connectivity index (χ0) is 21.8. The molecule has 0 unspecified atom stereocenters. The molecule has 6 heteroatoms. The fraction of sp³-hybridized carbons (Fsp3) is 0.308. The molecule has 5 rings (SSSR count). The minimum atomic E-state index is -1.26. The van der Waals surface area contributed by atoms with E-state index in [1.54, 1.807) is 0 Å². The molecule has 3 aromatic heterocycles. The van der Waals surface area contributed by atoms with Gasteiger partial charge in [0.2, 0.25) is 0 Å². The maximum Gasteiger partial charge on any atom is 0.191 e. The Morgan fingerprint density at radius 2 is 1.66 bits per heavy atom. The Kier molecular flexibility index (Phi) is 6.57. The summed E-state index contributed by atoms with van der Waals surface area (Å²) in [5, 5.41) is 15.8. The molecule has 1 saturated heterocycles. The van der Waals surface area contributed by atoms with Crippen molar-refractivity contribution in [3.8, 4) is 0 Å². The molecule has 1 aromatic carbocycles. The predicted molar refractivity (Wildman–Crippen MR) is 129 cm³/mol. The van der Waals surface area contributed by atoms with Gasteiger partial charge in [-0.15, -0.1) is 22.7 Å². The Morgan fingerprint density at radius 1 is 0.906 bits per heavy atom. The first-order valence-electron chi connectivity index (χ1n) is 11.0. The van der Waals surface area contributed by atoms with E-state index in [0.717, 1.165) is 48.1 Å². The second-order valence-corrected chi connectivity index (χ2v) is 10.1. The first-order chi connectivity index (χ1) is 15.7. The SMILES string of the molecule is OC(c1ccc(CN(Cc2ccccc2)C[C@@H]2CCCO2)o1)(c1cccs1)c1cccs1. The van der Waals surface area contributed by atoms with Crippen molar-refractivity contribution in [2.45, 2.75) is 37.6 Å². The molecule has 4 nitrogen and oxygen atoms in total. The minimum Gasteiger partial charge on any atom is -0.461 e. The van der Waals surface area contributed by atoms with Gasteiger partial charge in [0, 0.05) is 29.5 Å². The molecule has 0 bridgehead atoms. The molecule has 1 fully saturated rings. The Balaban J connectivity index is 1.40.